The van der Waals surface area contributed by atoms with Crippen LogP contribution in [-0.2, 0) is 0 Å². The topological polar surface area (TPSA) is 129 Å². The largest absolute Gasteiger partial charge is 0.390 e. The normalized spacial score (nSPS) is 28.5. The molecule has 2 saturated carbocycles. The molecule has 1 aromatic carbocycles. The van der Waals surface area contributed by atoms with Crippen molar-refractivity contribution in [2.75, 3.05) is 11.1 Å². The standard InChI is InChI=1S/C22H26F2N6O3S/c1-2-3-6-34-22-26-20(25-14-8-11(14)10-4-5-12(23)13(24)7-10)17-21(27-22)30(29-28-17)15-9-16(31)19(33)18(15)32/h4-5,7,11,14-16,18-19,31-33H,2-3,6,8-9H2,1H3,(H,25,26,27)/t11?,14?,15-,16+,18+,19-/m0/s1. The van der Waals surface area contributed by atoms with Gasteiger partial charge in [-0.05, 0) is 30.5 Å². The van der Waals surface area contributed by atoms with Gasteiger partial charge in [0.25, 0.3) is 0 Å². The Bertz CT molecular complexity index is 1200. The molecule has 0 spiro atoms. The number of halogens is 2. The van der Waals surface area contributed by atoms with Gasteiger partial charge >= 0.3 is 0 Å². The van der Waals surface area contributed by atoms with Gasteiger partial charge in [0.1, 0.15) is 12.2 Å². The summed E-state index contributed by atoms with van der Waals surface area (Å²) in [7, 11) is 0. The maximum atomic E-state index is 13.7. The van der Waals surface area contributed by atoms with Crippen LogP contribution in [-0.4, -0.2) is 70.4 Å². The third-order valence-electron chi connectivity index (χ3n) is 6.45. The van der Waals surface area contributed by atoms with E-state index in [2.05, 4.69) is 32.5 Å². The second-order valence-electron chi connectivity index (χ2n) is 8.88. The van der Waals surface area contributed by atoms with Gasteiger partial charge in [0.15, 0.2) is 33.8 Å². The Kier molecular flexibility index (Phi) is 6.40. The average molecular weight is 493 g/mol. The predicted molar refractivity (Wildman–Crippen MR) is 122 cm³/mol. The quantitative estimate of drug-likeness (QED) is 0.213. The first-order valence-electron chi connectivity index (χ1n) is 11.4. The van der Waals surface area contributed by atoms with Crippen molar-refractivity contribution in [3.8, 4) is 0 Å². The summed E-state index contributed by atoms with van der Waals surface area (Å²) in [6, 6.07) is 3.22. The summed E-state index contributed by atoms with van der Waals surface area (Å²) in [5.41, 5.74) is 1.51. The highest BCUT2D eigenvalue weighted by Gasteiger charge is 2.44. The van der Waals surface area contributed by atoms with Crippen LogP contribution < -0.4 is 5.32 Å². The van der Waals surface area contributed by atoms with Crippen LogP contribution in [0.25, 0.3) is 11.2 Å². The van der Waals surface area contributed by atoms with Gasteiger partial charge in [0.05, 0.1) is 12.1 Å². The van der Waals surface area contributed by atoms with Crippen LogP contribution in [0.1, 0.15) is 50.1 Å². The van der Waals surface area contributed by atoms with Crippen molar-refractivity contribution < 1.29 is 24.1 Å². The number of nitrogens with zero attached hydrogens (tertiary/aromatic N) is 5. The lowest BCUT2D eigenvalue weighted by molar-refractivity contribution is -0.0253. The molecule has 2 fully saturated rings. The fraction of sp³-hybridized carbons (Fsp3) is 0.545. The Morgan fingerprint density at radius 3 is 2.65 bits per heavy atom. The molecule has 2 heterocycles. The van der Waals surface area contributed by atoms with E-state index in [0.29, 0.717) is 27.7 Å². The predicted octanol–water partition coefficient (Wildman–Crippen LogP) is 2.39. The number of unbranched alkanes of at least 4 members (excludes halogenated alkanes) is 1. The number of anilines is 1. The summed E-state index contributed by atoms with van der Waals surface area (Å²) in [6.45, 7) is 2.10. The van der Waals surface area contributed by atoms with Crippen molar-refractivity contribution in [2.24, 2.45) is 0 Å². The van der Waals surface area contributed by atoms with Crippen molar-refractivity contribution in [2.45, 2.75) is 74.1 Å². The smallest absolute Gasteiger partial charge is 0.191 e. The Labute approximate surface area is 198 Å². The molecule has 3 aromatic rings. The molecule has 0 radical (unpaired) electrons. The summed E-state index contributed by atoms with van der Waals surface area (Å²) < 4.78 is 28.4. The molecule has 34 heavy (non-hydrogen) atoms. The number of nitrogens with one attached hydrogen (secondary N) is 1. The highest BCUT2D eigenvalue weighted by molar-refractivity contribution is 7.99. The molecule has 182 valence electrons. The number of hydrogen-bond acceptors (Lipinski definition) is 9. The minimum absolute atomic E-state index is 0.00769. The van der Waals surface area contributed by atoms with Crippen LogP contribution >= 0.6 is 11.8 Å². The first kappa shape index (κ1) is 23.3. The summed E-state index contributed by atoms with van der Waals surface area (Å²) in [4.78, 5) is 9.24. The van der Waals surface area contributed by atoms with E-state index in [0.717, 1.165) is 31.1 Å². The number of thioether (sulfide) groups is 1. The summed E-state index contributed by atoms with van der Waals surface area (Å²) >= 11 is 1.50. The molecule has 2 unspecified atom stereocenters. The second kappa shape index (κ2) is 9.33. The van der Waals surface area contributed by atoms with Crippen molar-refractivity contribution in [1.29, 1.82) is 0 Å². The molecule has 0 amide bonds. The van der Waals surface area contributed by atoms with Crippen molar-refractivity contribution >= 4 is 28.7 Å². The number of aromatic nitrogens is 5. The molecule has 4 N–H and O–H groups in total. The van der Waals surface area contributed by atoms with Crippen LogP contribution in [0.15, 0.2) is 23.4 Å². The minimum Gasteiger partial charge on any atom is -0.390 e. The van der Waals surface area contributed by atoms with Gasteiger partial charge in [-0.25, -0.2) is 23.4 Å². The van der Waals surface area contributed by atoms with Crippen molar-refractivity contribution in [3.05, 3.63) is 35.4 Å². The first-order chi connectivity index (χ1) is 16.4. The zero-order valence-corrected chi connectivity index (χ0v) is 19.3. The molecule has 5 rings (SSSR count). The molecular weight excluding hydrogens is 466 g/mol. The third kappa shape index (κ3) is 4.35. The zero-order chi connectivity index (χ0) is 24.0. The lowest BCUT2D eigenvalue weighted by Gasteiger charge is -2.16. The summed E-state index contributed by atoms with van der Waals surface area (Å²) in [5, 5.41) is 42.7. The van der Waals surface area contributed by atoms with Crippen LogP contribution in [0, 0.1) is 11.6 Å². The summed E-state index contributed by atoms with van der Waals surface area (Å²) in [6.07, 6.45) is -0.682. The van der Waals surface area contributed by atoms with E-state index in [4.69, 9.17) is 0 Å². The maximum absolute atomic E-state index is 13.7. The van der Waals surface area contributed by atoms with E-state index >= 15 is 0 Å². The van der Waals surface area contributed by atoms with E-state index in [1.54, 1.807) is 6.07 Å². The van der Waals surface area contributed by atoms with Gasteiger partial charge in [-0.3, -0.25) is 0 Å². The molecular formula is C22H26F2N6O3S. The molecule has 9 nitrogen and oxygen atoms in total. The number of aliphatic hydroxyl groups excluding tert-OH is 3. The zero-order valence-electron chi connectivity index (χ0n) is 18.5. The Morgan fingerprint density at radius 1 is 1.12 bits per heavy atom. The highest BCUT2D eigenvalue weighted by Crippen LogP contribution is 2.44. The Morgan fingerprint density at radius 2 is 1.94 bits per heavy atom. The second-order valence-corrected chi connectivity index (χ2v) is 9.94. The molecule has 0 saturated heterocycles. The molecule has 0 bridgehead atoms. The molecule has 2 aliphatic rings. The van der Waals surface area contributed by atoms with Gasteiger partial charge < -0.3 is 20.6 Å². The fourth-order valence-electron chi connectivity index (χ4n) is 4.37. The molecule has 0 aliphatic heterocycles. The fourth-order valence-corrected chi connectivity index (χ4v) is 5.30. The minimum atomic E-state index is -1.27. The van der Waals surface area contributed by atoms with Crippen LogP contribution in [0.4, 0.5) is 14.6 Å². The third-order valence-corrected chi connectivity index (χ3v) is 7.39. The van der Waals surface area contributed by atoms with Gasteiger partial charge in [-0.2, -0.15) is 0 Å². The van der Waals surface area contributed by atoms with Gasteiger partial charge in [0, 0.05) is 24.1 Å². The van der Waals surface area contributed by atoms with Gasteiger partial charge in [0.2, 0.25) is 0 Å². The SMILES string of the molecule is CCCCSc1nc(NC2CC2c2ccc(F)c(F)c2)c2nnn([C@H]3C[C@@H](O)[C@H](O)[C@@H]3O)c2n1. The lowest BCUT2D eigenvalue weighted by atomic mass is 10.1. The van der Waals surface area contributed by atoms with Crippen LogP contribution in [0.3, 0.4) is 0 Å². The highest BCUT2D eigenvalue weighted by atomic mass is 32.2. The number of rotatable bonds is 8. The van der Waals surface area contributed by atoms with E-state index in [1.165, 1.54) is 22.5 Å². The lowest BCUT2D eigenvalue weighted by Crippen LogP contribution is -2.31. The maximum Gasteiger partial charge on any atom is 0.191 e. The van der Waals surface area contributed by atoms with Crippen molar-refractivity contribution in [1.82, 2.24) is 25.0 Å². The van der Waals surface area contributed by atoms with E-state index < -0.39 is 36.0 Å². The van der Waals surface area contributed by atoms with E-state index in [-0.39, 0.29) is 18.4 Å². The number of aliphatic hydroxyl groups is 3. The number of benzene rings is 1. The van der Waals surface area contributed by atoms with E-state index in [1.807, 2.05) is 0 Å². The number of hydrogen-bond donors (Lipinski definition) is 4. The number of fused-ring (bicyclic) bond motifs is 1. The van der Waals surface area contributed by atoms with Crippen LogP contribution in [0.5, 0.6) is 0 Å². The van der Waals surface area contributed by atoms with Gasteiger partial charge in [-0.1, -0.05) is 36.4 Å². The van der Waals surface area contributed by atoms with Crippen LogP contribution in [0.2, 0.25) is 0 Å². The molecule has 2 aliphatic carbocycles. The van der Waals surface area contributed by atoms with Gasteiger partial charge in [-0.15, -0.1) is 5.10 Å². The summed E-state index contributed by atoms with van der Waals surface area (Å²) in [5.74, 6) is -0.439. The Hall–Kier alpha value is -2.41. The average Bonchev–Trinajstić information content (AvgIpc) is 3.38. The Balaban J connectivity index is 1.44. The first-order valence-corrected chi connectivity index (χ1v) is 12.4. The van der Waals surface area contributed by atoms with Crippen molar-refractivity contribution in [3.63, 3.8) is 0 Å². The molecule has 2 aromatic heterocycles. The molecule has 12 heteroatoms. The monoisotopic (exact) mass is 492 g/mol. The molecule has 6 atom stereocenters. The van der Waals surface area contributed by atoms with E-state index in [9.17, 15) is 24.1 Å².